The van der Waals surface area contributed by atoms with Gasteiger partial charge in [0, 0.05) is 18.2 Å². The van der Waals surface area contributed by atoms with Crippen LogP contribution in [-0.2, 0) is 17.8 Å². The van der Waals surface area contributed by atoms with E-state index >= 15 is 0 Å². The van der Waals surface area contributed by atoms with Gasteiger partial charge in [-0.15, -0.1) is 13.2 Å². The van der Waals surface area contributed by atoms with Crippen LogP contribution in [0.2, 0.25) is 10.0 Å². The number of aromatic nitrogens is 2. The summed E-state index contributed by atoms with van der Waals surface area (Å²) in [4.78, 5) is 26.3. The van der Waals surface area contributed by atoms with Gasteiger partial charge >= 0.3 is 12.4 Å². The van der Waals surface area contributed by atoms with E-state index in [0.29, 0.717) is 40.1 Å². The summed E-state index contributed by atoms with van der Waals surface area (Å²) < 4.78 is 42.3. The molecule has 1 aliphatic heterocycles. The summed E-state index contributed by atoms with van der Waals surface area (Å²) in [5, 5.41) is 7.81. The molecule has 0 spiro atoms. The molecule has 1 aliphatic carbocycles. The summed E-state index contributed by atoms with van der Waals surface area (Å²) in [6.45, 7) is 0.678. The van der Waals surface area contributed by atoms with Crippen molar-refractivity contribution in [2.45, 2.75) is 44.4 Å². The normalized spacial score (nSPS) is 20.5. The van der Waals surface area contributed by atoms with Gasteiger partial charge in [0.05, 0.1) is 40.5 Å². The number of nitrogens with zero attached hydrogens (tertiary/aromatic N) is 3. The number of rotatable bonds is 4. The molecular weight excluding hydrogens is 474 g/mol. The minimum Gasteiger partial charge on any atom is -0.365 e. The molecule has 1 aromatic heterocycles. The Morgan fingerprint density at radius 1 is 1.19 bits per heavy atom. The SMILES string of the molecule is NC(=O)c1c(-c2ccc(Cl)c(Cl)c2)nn2c1CN(C(=O)N[C@H]1C[C@@H](OC(F)(F)F)C1)CC2. The molecule has 4 rings (SSSR count). The zero-order valence-electron chi connectivity index (χ0n) is 16.5. The van der Waals surface area contributed by atoms with Gasteiger partial charge < -0.3 is 16.0 Å². The van der Waals surface area contributed by atoms with Gasteiger partial charge in [0.1, 0.15) is 5.69 Å². The predicted octanol–water partition coefficient (Wildman–Crippen LogP) is 3.55. The fraction of sp³-hybridized carbons (Fsp3) is 0.421. The van der Waals surface area contributed by atoms with E-state index in [9.17, 15) is 22.8 Å². The van der Waals surface area contributed by atoms with Crippen LogP contribution in [0.3, 0.4) is 0 Å². The predicted molar refractivity (Wildman–Crippen MR) is 109 cm³/mol. The van der Waals surface area contributed by atoms with E-state index in [2.05, 4.69) is 15.2 Å². The van der Waals surface area contributed by atoms with Crippen molar-refractivity contribution in [3.8, 4) is 11.3 Å². The average Bonchev–Trinajstić information content (AvgIpc) is 3.06. The number of alkyl halides is 3. The fourth-order valence-electron chi connectivity index (χ4n) is 3.83. The summed E-state index contributed by atoms with van der Waals surface area (Å²) in [5.74, 6) is -0.708. The van der Waals surface area contributed by atoms with Crippen LogP contribution in [0.15, 0.2) is 18.2 Å². The first-order chi connectivity index (χ1) is 15.0. The van der Waals surface area contributed by atoms with Crippen LogP contribution in [0.5, 0.6) is 0 Å². The molecule has 8 nitrogen and oxygen atoms in total. The Kier molecular flexibility index (Phi) is 5.99. The van der Waals surface area contributed by atoms with Crippen molar-refractivity contribution in [2.24, 2.45) is 5.73 Å². The molecule has 172 valence electrons. The van der Waals surface area contributed by atoms with Crippen molar-refractivity contribution in [2.75, 3.05) is 6.54 Å². The zero-order valence-corrected chi connectivity index (χ0v) is 18.0. The van der Waals surface area contributed by atoms with Crippen molar-refractivity contribution in [3.05, 3.63) is 39.5 Å². The maximum absolute atomic E-state index is 12.6. The Morgan fingerprint density at radius 3 is 2.53 bits per heavy atom. The Hall–Kier alpha value is -2.50. The number of primary amides is 1. The minimum atomic E-state index is -4.69. The van der Waals surface area contributed by atoms with Crippen LogP contribution < -0.4 is 11.1 Å². The van der Waals surface area contributed by atoms with Crippen molar-refractivity contribution in [3.63, 3.8) is 0 Å². The third kappa shape index (κ3) is 4.64. The molecule has 2 aliphatic rings. The van der Waals surface area contributed by atoms with Crippen molar-refractivity contribution >= 4 is 35.1 Å². The van der Waals surface area contributed by atoms with Crippen molar-refractivity contribution in [1.82, 2.24) is 20.0 Å². The highest BCUT2D eigenvalue weighted by molar-refractivity contribution is 6.42. The van der Waals surface area contributed by atoms with Gasteiger partial charge in [0.15, 0.2) is 0 Å². The van der Waals surface area contributed by atoms with E-state index in [-0.39, 0.29) is 24.9 Å². The van der Waals surface area contributed by atoms with Gasteiger partial charge in [-0.3, -0.25) is 14.2 Å². The van der Waals surface area contributed by atoms with Crippen LogP contribution in [0.4, 0.5) is 18.0 Å². The second kappa shape index (κ2) is 8.45. The number of amides is 3. The van der Waals surface area contributed by atoms with E-state index in [1.807, 2.05) is 0 Å². The highest BCUT2D eigenvalue weighted by Gasteiger charge is 2.41. The van der Waals surface area contributed by atoms with Gasteiger partial charge in [-0.2, -0.15) is 5.10 Å². The molecule has 1 fully saturated rings. The lowest BCUT2D eigenvalue weighted by Crippen LogP contribution is -2.54. The molecule has 0 unspecified atom stereocenters. The van der Waals surface area contributed by atoms with E-state index in [4.69, 9.17) is 28.9 Å². The molecular formula is C19H18Cl2F3N5O3. The number of nitrogens with one attached hydrogen (secondary N) is 1. The average molecular weight is 492 g/mol. The number of fused-ring (bicyclic) bond motifs is 1. The fourth-order valence-corrected chi connectivity index (χ4v) is 4.13. The highest BCUT2D eigenvalue weighted by Crippen LogP contribution is 2.33. The molecule has 0 radical (unpaired) electrons. The van der Waals surface area contributed by atoms with Crippen LogP contribution in [0.1, 0.15) is 28.9 Å². The van der Waals surface area contributed by atoms with Gasteiger partial charge in [-0.25, -0.2) is 4.79 Å². The molecule has 2 aromatic rings. The number of urea groups is 1. The first-order valence-electron chi connectivity index (χ1n) is 9.66. The number of carbonyl (C=O) groups is 2. The molecule has 3 amide bonds. The maximum Gasteiger partial charge on any atom is 0.522 e. The molecule has 0 bridgehead atoms. The monoisotopic (exact) mass is 491 g/mol. The van der Waals surface area contributed by atoms with Gasteiger partial charge in [-0.1, -0.05) is 29.3 Å². The van der Waals surface area contributed by atoms with Crippen LogP contribution in [-0.4, -0.2) is 51.7 Å². The van der Waals surface area contributed by atoms with Crippen LogP contribution >= 0.6 is 23.2 Å². The van der Waals surface area contributed by atoms with E-state index < -0.39 is 30.4 Å². The van der Waals surface area contributed by atoms with Crippen LogP contribution in [0.25, 0.3) is 11.3 Å². The summed E-state index contributed by atoms with van der Waals surface area (Å²) in [7, 11) is 0. The third-order valence-corrected chi connectivity index (χ3v) is 6.17. The summed E-state index contributed by atoms with van der Waals surface area (Å²) >= 11 is 12.0. The van der Waals surface area contributed by atoms with Gasteiger partial charge in [0.25, 0.3) is 5.91 Å². The van der Waals surface area contributed by atoms with E-state index in [1.54, 1.807) is 22.9 Å². The third-order valence-electron chi connectivity index (χ3n) is 5.43. The maximum atomic E-state index is 12.6. The Morgan fingerprint density at radius 2 is 1.91 bits per heavy atom. The largest absolute Gasteiger partial charge is 0.522 e. The lowest BCUT2D eigenvalue weighted by Gasteiger charge is -2.37. The number of halogens is 5. The molecule has 1 saturated carbocycles. The molecule has 1 aromatic carbocycles. The van der Waals surface area contributed by atoms with Crippen molar-refractivity contribution in [1.29, 1.82) is 0 Å². The first-order valence-corrected chi connectivity index (χ1v) is 10.4. The lowest BCUT2D eigenvalue weighted by molar-refractivity contribution is -0.351. The number of benzene rings is 1. The zero-order chi connectivity index (χ0) is 23.2. The van der Waals surface area contributed by atoms with Gasteiger partial charge in [-0.05, 0) is 25.0 Å². The molecule has 13 heteroatoms. The number of hydrogen-bond acceptors (Lipinski definition) is 4. The number of nitrogens with two attached hydrogens (primary N) is 1. The summed E-state index contributed by atoms with van der Waals surface area (Å²) in [6.07, 6.45) is -5.50. The minimum absolute atomic E-state index is 0.0631. The second-order valence-electron chi connectivity index (χ2n) is 7.61. The standard InChI is InChI=1S/C19H18Cl2F3N5O3/c20-12-2-1-9(5-13(12)21)16-15(17(25)30)14-8-28(3-4-29(14)27-16)18(31)26-10-6-11(7-10)32-19(22,23)24/h1-2,5,10-11H,3-4,6-8H2,(H2,25,30)(H,26,31)/t10-,11+. The molecule has 0 saturated heterocycles. The summed E-state index contributed by atoms with van der Waals surface area (Å²) in [6, 6.07) is 3.96. The van der Waals surface area contributed by atoms with Gasteiger partial charge in [0.2, 0.25) is 0 Å². The molecule has 3 N–H and O–H groups in total. The Labute approximate surface area is 190 Å². The smallest absolute Gasteiger partial charge is 0.365 e. The molecule has 0 atom stereocenters. The second-order valence-corrected chi connectivity index (χ2v) is 8.43. The first kappa shape index (κ1) is 22.7. The lowest BCUT2D eigenvalue weighted by atomic mass is 9.89. The number of ether oxygens (including phenoxy) is 1. The summed E-state index contributed by atoms with van der Waals surface area (Å²) in [5.41, 5.74) is 7.13. The Balaban J connectivity index is 1.47. The molecule has 32 heavy (non-hydrogen) atoms. The molecule has 2 heterocycles. The highest BCUT2D eigenvalue weighted by atomic mass is 35.5. The van der Waals surface area contributed by atoms with Crippen LogP contribution in [0, 0.1) is 0 Å². The van der Waals surface area contributed by atoms with E-state index in [0.717, 1.165) is 0 Å². The number of carbonyl (C=O) groups excluding carboxylic acids is 2. The Bertz CT molecular complexity index is 1070. The number of hydrogen-bond donors (Lipinski definition) is 2. The van der Waals surface area contributed by atoms with E-state index in [1.165, 1.54) is 4.90 Å². The topological polar surface area (TPSA) is 102 Å². The van der Waals surface area contributed by atoms with Crippen molar-refractivity contribution < 1.29 is 27.5 Å². The quantitative estimate of drug-likeness (QED) is 0.682.